The van der Waals surface area contributed by atoms with Crippen LogP contribution >= 0.6 is 0 Å². The fourth-order valence-electron chi connectivity index (χ4n) is 1.65. The molecule has 0 radical (unpaired) electrons. The second-order valence-corrected chi connectivity index (χ2v) is 6.38. The fraction of sp³-hybridized carbons (Fsp3) is 0.167. The van der Waals surface area contributed by atoms with Crippen molar-refractivity contribution in [3.63, 3.8) is 0 Å². The van der Waals surface area contributed by atoms with Crippen molar-refractivity contribution in [1.82, 2.24) is 10.2 Å². The Kier molecular flexibility index (Phi) is 3.39. The maximum atomic E-state index is 11.2. The van der Waals surface area contributed by atoms with E-state index in [9.17, 15) is 13.2 Å². The van der Waals surface area contributed by atoms with Crippen molar-refractivity contribution >= 4 is 15.8 Å². The van der Waals surface area contributed by atoms with Crippen LogP contribution in [-0.4, -0.2) is 35.9 Å². The van der Waals surface area contributed by atoms with E-state index in [1.807, 2.05) is 0 Å². The Bertz CT molecular complexity index is 702. The highest BCUT2D eigenvalue weighted by Crippen LogP contribution is 2.19. The number of hydrogen-bond acceptors (Lipinski definition) is 4. The lowest BCUT2D eigenvalue weighted by Crippen LogP contribution is -2.00. The highest BCUT2D eigenvalue weighted by molar-refractivity contribution is 7.89. The maximum absolute atomic E-state index is 11.2. The van der Waals surface area contributed by atoms with Crippen LogP contribution in [0.5, 0.6) is 0 Å². The zero-order chi connectivity index (χ0) is 14.0. The number of carboxylic acids is 1. The van der Waals surface area contributed by atoms with Crippen molar-refractivity contribution in [3.05, 3.63) is 41.6 Å². The molecular formula is C12H12N2O4S. The zero-order valence-corrected chi connectivity index (χ0v) is 10.9. The fourth-order valence-corrected chi connectivity index (χ4v) is 2.45. The second-order valence-electron chi connectivity index (χ2n) is 4.24. The molecule has 0 unspecified atom stereocenters. The van der Waals surface area contributed by atoms with Gasteiger partial charge in [-0.25, -0.2) is 13.2 Å². The summed E-state index contributed by atoms with van der Waals surface area (Å²) in [7, 11) is -3.06. The molecule has 2 rings (SSSR count). The van der Waals surface area contributed by atoms with Crippen LogP contribution < -0.4 is 0 Å². The number of benzene rings is 1. The number of aromatic amines is 1. The number of rotatable bonds is 4. The van der Waals surface area contributed by atoms with E-state index in [0.717, 1.165) is 5.56 Å². The van der Waals surface area contributed by atoms with Crippen molar-refractivity contribution in [1.29, 1.82) is 0 Å². The van der Waals surface area contributed by atoms with E-state index in [-0.39, 0.29) is 11.4 Å². The Morgan fingerprint density at radius 1 is 1.32 bits per heavy atom. The SMILES string of the molecule is CS(=O)(=O)Cc1ccc(-c2cc(C(=O)O)[nH]n2)cc1. The van der Waals surface area contributed by atoms with Gasteiger partial charge in [-0.15, -0.1) is 0 Å². The largest absolute Gasteiger partial charge is 0.477 e. The van der Waals surface area contributed by atoms with E-state index in [2.05, 4.69) is 10.2 Å². The summed E-state index contributed by atoms with van der Waals surface area (Å²) in [6, 6.07) is 8.22. The Hall–Kier alpha value is -2.15. The third-order valence-corrected chi connectivity index (χ3v) is 3.34. The van der Waals surface area contributed by atoms with Crippen LogP contribution in [0.25, 0.3) is 11.3 Å². The first-order valence-electron chi connectivity index (χ1n) is 5.41. The predicted molar refractivity (Wildman–Crippen MR) is 69.5 cm³/mol. The van der Waals surface area contributed by atoms with Crippen molar-refractivity contribution in [3.8, 4) is 11.3 Å². The Morgan fingerprint density at radius 2 is 1.95 bits per heavy atom. The topological polar surface area (TPSA) is 100 Å². The molecule has 0 saturated carbocycles. The van der Waals surface area contributed by atoms with E-state index in [4.69, 9.17) is 5.11 Å². The lowest BCUT2D eigenvalue weighted by atomic mass is 10.1. The second kappa shape index (κ2) is 4.85. The first-order valence-corrected chi connectivity index (χ1v) is 7.47. The molecule has 0 aliphatic rings. The van der Waals surface area contributed by atoms with Gasteiger partial charge in [0.15, 0.2) is 9.84 Å². The van der Waals surface area contributed by atoms with E-state index < -0.39 is 15.8 Å². The number of aromatic nitrogens is 2. The average molecular weight is 280 g/mol. The van der Waals surface area contributed by atoms with E-state index >= 15 is 0 Å². The Labute approximate surface area is 110 Å². The van der Waals surface area contributed by atoms with Crippen molar-refractivity contribution < 1.29 is 18.3 Å². The molecule has 7 heteroatoms. The molecule has 0 fully saturated rings. The van der Waals surface area contributed by atoms with Gasteiger partial charge in [0.05, 0.1) is 11.4 Å². The quantitative estimate of drug-likeness (QED) is 0.879. The number of carbonyl (C=O) groups is 1. The summed E-state index contributed by atoms with van der Waals surface area (Å²) in [6.07, 6.45) is 1.17. The molecule has 0 spiro atoms. The minimum Gasteiger partial charge on any atom is -0.477 e. The molecule has 100 valence electrons. The predicted octanol–water partition coefficient (Wildman–Crippen LogP) is 1.32. The van der Waals surface area contributed by atoms with Crippen LogP contribution in [0.15, 0.2) is 30.3 Å². The maximum Gasteiger partial charge on any atom is 0.353 e. The standard InChI is InChI=1S/C12H12N2O4S/c1-19(17,18)7-8-2-4-9(5-3-8)10-6-11(12(15)16)14-13-10/h2-6H,7H2,1H3,(H,13,14)(H,15,16). The van der Waals surface area contributed by atoms with Gasteiger partial charge in [0, 0.05) is 11.8 Å². The molecule has 19 heavy (non-hydrogen) atoms. The molecule has 0 amide bonds. The van der Waals surface area contributed by atoms with Crippen LogP contribution in [0.2, 0.25) is 0 Å². The van der Waals surface area contributed by atoms with Crippen LogP contribution in [-0.2, 0) is 15.6 Å². The number of hydrogen-bond donors (Lipinski definition) is 2. The van der Waals surface area contributed by atoms with E-state index in [1.165, 1.54) is 12.3 Å². The van der Waals surface area contributed by atoms with Gasteiger partial charge in [-0.3, -0.25) is 5.10 Å². The molecule has 0 bridgehead atoms. The summed E-state index contributed by atoms with van der Waals surface area (Å²) in [6.45, 7) is 0. The van der Waals surface area contributed by atoms with Gasteiger partial charge in [-0.05, 0) is 11.6 Å². The van der Waals surface area contributed by atoms with Crippen LogP contribution in [0.3, 0.4) is 0 Å². The van der Waals surface area contributed by atoms with Crippen molar-refractivity contribution in [2.24, 2.45) is 0 Å². The Morgan fingerprint density at radius 3 is 2.42 bits per heavy atom. The first kappa shape index (κ1) is 13.3. The third kappa shape index (κ3) is 3.41. The third-order valence-electron chi connectivity index (χ3n) is 2.49. The van der Waals surface area contributed by atoms with Gasteiger partial charge in [0.1, 0.15) is 5.69 Å². The molecule has 0 aliphatic heterocycles. The Balaban J connectivity index is 2.24. The molecule has 1 heterocycles. The minimum absolute atomic E-state index is 0.00946. The number of H-pyrrole nitrogens is 1. The van der Waals surface area contributed by atoms with Gasteiger partial charge >= 0.3 is 5.97 Å². The molecule has 2 N–H and O–H groups in total. The number of nitrogens with zero attached hydrogens (tertiary/aromatic N) is 1. The first-order chi connectivity index (χ1) is 8.85. The summed E-state index contributed by atoms with van der Waals surface area (Å²) in [5.74, 6) is -1.10. The zero-order valence-electron chi connectivity index (χ0n) is 10.1. The molecule has 0 aliphatic carbocycles. The molecule has 2 aromatic rings. The lowest BCUT2D eigenvalue weighted by molar-refractivity contribution is 0.0690. The van der Waals surface area contributed by atoms with Crippen LogP contribution in [0.1, 0.15) is 16.1 Å². The highest BCUT2D eigenvalue weighted by Gasteiger charge is 2.10. The summed E-state index contributed by atoms with van der Waals surface area (Å²) in [5, 5.41) is 15.1. The molecule has 0 saturated heterocycles. The summed E-state index contributed by atoms with van der Waals surface area (Å²) in [4.78, 5) is 10.7. The van der Waals surface area contributed by atoms with Gasteiger partial charge in [0.2, 0.25) is 0 Å². The smallest absolute Gasteiger partial charge is 0.353 e. The average Bonchev–Trinajstić information content (AvgIpc) is 2.77. The van der Waals surface area contributed by atoms with Gasteiger partial charge in [-0.2, -0.15) is 5.10 Å². The van der Waals surface area contributed by atoms with Crippen LogP contribution in [0, 0.1) is 0 Å². The monoisotopic (exact) mass is 280 g/mol. The number of sulfone groups is 1. The molecule has 0 atom stereocenters. The molecular weight excluding hydrogens is 268 g/mol. The summed E-state index contributed by atoms with van der Waals surface area (Å²) >= 11 is 0. The number of nitrogens with one attached hydrogen (secondary N) is 1. The molecule has 6 nitrogen and oxygen atoms in total. The van der Waals surface area contributed by atoms with Gasteiger partial charge < -0.3 is 5.11 Å². The van der Waals surface area contributed by atoms with E-state index in [0.29, 0.717) is 11.3 Å². The lowest BCUT2D eigenvalue weighted by Gasteiger charge is -2.01. The summed E-state index contributed by atoms with van der Waals surface area (Å²) in [5.41, 5.74) is 1.92. The normalized spacial score (nSPS) is 11.4. The van der Waals surface area contributed by atoms with E-state index in [1.54, 1.807) is 24.3 Å². The molecule has 1 aromatic heterocycles. The van der Waals surface area contributed by atoms with Crippen molar-refractivity contribution in [2.75, 3.05) is 6.26 Å². The van der Waals surface area contributed by atoms with Gasteiger partial charge in [-0.1, -0.05) is 24.3 Å². The summed E-state index contributed by atoms with van der Waals surface area (Å²) < 4.78 is 22.3. The number of aromatic carboxylic acids is 1. The van der Waals surface area contributed by atoms with Crippen molar-refractivity contribution in [2.45, 2.75) is 5.75 Å². The minimum atomic E-state index is -3.06. The van der Waals surface area contributed by atoms with Gasteiger partial charge in [0.25, 0.3) is 0 Å². The molecule has 1 aromatic carbocycles. The highest BCUT2D eigenvalue weighted by atomic mass is 32.2. The number of carboxylic acid groups (broad SMARTS) is 1. The van der Waals surface area contributed by atoms with Crippen LogP contribution in [0.4, 0.5) is 0 Å².